The van der Waals surface area contributed by atoms with Gasteiger partial charge in [0.05, 0.1) is 15.6 Å². The molecule has 2 rings (SSSR count). The lowest BCUT2D eigenvalue weighted by atomic mass is 9.95. The van der Waals surface area contributed by atoms with Gasteiger partial charge in [0.25, 0.3) is 5.91 Å². The number of benzene rings is 1. The number of hydrogen-bond acceptors (Lipinski definition) is 2. The lowest BCUT2D eigenvalue weighted by Gasteiger charge is -2.30. The fourth-order valence-corrected chi connectivity index (χ4v) is 2.54. The van der Waals surface area contributed by atoms with E-state index in [-0.39, 0.29) is 24.4 Å². The highest BCUT2D eigenvalue weighted by Gasteiger charge is 2.24. The van der Waals surface area contributed by atoms with Crippen molar-refractivity contribution in [2.24, 2.45) is 5.92 Å². The maximum Gasteiger partial charge on any atom is 0.253 e. The first kappa shape index (κ1) is 16.6. The molecule has 0 radical (unpaired) electrons. The number of nitrogens with one attached hydrogen (secondary N) is 2. The summed E-state index contributed by atoms with van der Waals surface area (Å²) in [5, 5.41) is 7.05. The van der Waals surface area contributed by atoms with Gasteiger partial charge in [0.15, 0.2) is 0 Å². The van der Waals surface area contributed by atoms with Crippen molar-refractivity contribution in [1.82, 2.24) is 10.6 Å². The second-order valence-electron chi connectivity index (χ2n) is 4.65. The molecule has 2 unspecified atom stereocenters. The third-order valence-electron chi connectivity index (χ3n) is 3.30. The molecule has 0 saturated carbocycles. The van der Waals surface area contributed by atoms with Crippen molar-refractivity contribution in [3.8, 4) is 0 Å². The van der Waals surface area contributed by atoms with Crippen LogP contribution in [0.3, 0.4) is 0 Å². The van der Waals surface area contributed by atoms with Crippen molar-refractivity contribution >= 4 is 41.5 Å². The molecule has 106 valence electrons. The smallest absolute Gasteiger partial charge is 0.253 e. The molecule has 0 bridgehead atoms. The lowest BCUT2D eigenvalue weighted by Crippen LogP contribution is -2.48. The Balaban J connectivity index is 0.00000180. The van der Waals surface area contributed by atoms with E-state index in [1.165, 1.54) is 0 Å². The van der Waals surface area contributed by atoms with Crippen molar-refractivity contribution in [1.29, 1.82) is 0 Å². The van der Waals surface area contributed by atoms with Crippen LogP contribution in [0, 0.1) is 5.92 Å². The van der Waals surface area contributed by atoms with E-state index in [9.17, 15) is 4.79 Å². The van der Waals surface area contributed by atoms with E-state index in [4.69, 9.17) is 23.2 Å². The molecule has 1 aliphatic heterocycles. The van der Waals surface area contributed by atoms with Gasteiger partial charge in [-0.2, -0.15) is 0 Å². The highest BCUT2D eigenvalue weighted by Crippen LogP contribution is 2.25. The van der Waals surface area contributed by atoms with E-state index in [0.29, 0.717) is 21.5 Å². The Morgan fingerprint density at radius 3 is 2.84 bits per heavy atom. The second-order valence-corrected chi connectivity index (χ2v) is 5.44. The molecule has 0 aromatic heterocycles. The zero-order valence-electron chi connectivity index (χ0n) is 10.6. The van der Waals surface area contributed by atoms with Crippen molar-refractivity contribution in [2.75, 3.05) is 13.1 Å². The highest BCUT2D eigenvalue weighted by molar-refractivity contribution is 6.43. The predicted molar refractivity (Wildman–Crippen MR) is 81.6 cm³/mol. The molecule has 1 fully saturated rings. The molecule has 0 aliphatic carbocycles. The first-order chi connectivity index (χ1) is 8.59. The maximum atomic E-state index is 12.2. The third kappa shape index (κ3) is 3.99. The highest BCUT2D eigenvalue weighted by atomic mass is 35.5. The van der Waals surface area contributed by atoms with Gasteiger partial charge in [-0.15, -0.1) is 12.4 Å². The first-order valence-corrected chi connectivity index (χ1v) is 6.80. The number of hydrogen-bond donors (Lipinski definition) is 2. The average molecular weight is 324 g/mol. The SMILES string of the molecule is CC1CNCCC1NC(=O)c1cccc(Cl)c1Cl.Cl. The summed E-state index contributed by atoms with van der Waals surface area (Å²) in [4.78, 5) is 12.2. The number of carbonyl (C=O) groups excluding carboxylic acids is 1. The van der Waals surface area contributed by atoms with Crippen LogP contribution in [0.5, 0.6) is 0 Å². The zero-order chi connectivity index (χ0) is 13.1. The summed E-state index contributed by atoms with van der Waals surface area (Å²) >= 11 is 11.9. The van der Waals surface area contributed by atoms with Gasteiger partial charge in [0.2, 0.25) is 0 Å². The Bertz CT molecular complexity index is 454. The number of amides is 1. The minimum atomic E-state index is -0.152. The molecule has 3 nitrogen and oxygen atoms in total. The van der Waals surface area contributed by atoms with Crippen LogP contribution in [0.1, 0.15) is 23.7 Å². The Kier molecular flexibility index (Phi) is 6.40. The minimum absolute atomic E-state index is 0. The number of halogens is 3. The number of rotatable bonds is 2. The minimum Gasteiger partial charge on any atom is -0.349 e. The summed E-state index contributed by atoms with van der Waals surface area (Å²) in [6.07, 6.45) is 0.936. The van der Waals surface area contributed by atoms with Crippen molar-refractivity contribution < 1.29 is 4.79 Å². The standard InChI is InChI=1S/C13H16Cl2N2O.ClH/c1-8-7-16-6-5-11(8)17-13(18)9-3-2-4-10(14)12(9)15;/h2-4,8,11,16H,5-7H2,1H3,(H,17,18);1H. The summed E-state index contributed by atoms with van der Waals surface area (Å²) in [5.74, 6) is 0.266. The summed E-state index contributed by atoms with van der Waals surface area (Å²) in [5.41, 5.74) is 0.440. The van der Waals surface area contributed by atoms with E-state index in [1.807, 2.05) is 0 Å². The fourth-order valence-electron chi connectivity index (χ4n) is 2.15. The largest absolute Gasteiger partial charge is 0.349 e. The van der Waals surface area contributed by atoms with Crippen LogP contribution in [0.25, 0.3) is 0 Å². The van der Waals surface area contributed by atoms with Gasteiger partial charge >= 0.3 is 0 Å². The summed E-state index contributed by atoms with van der Waals surface area (Å²) in [6, 6.07) is 5.28. The molecule has 2 N–H and O–H groups in total. The van der Waals surface area contributed by atoms with Gasteiger partial charge in [-0.05, 0) is 37.6 Å². The summed E-state index contributed by atoms with van der Waals surface area (Å²) in [6.45, 7) is 3.98. The molecule has 1 aliphatic rings. The van der Waals surface area contributed by atoms with Crippen molar-refractivity contribution in [3.63, 3.8) is 0 Å². The second kappa shape index (κ2) is 7.34. The topological polar surface area (TPSA) is 41.1 Å². The quantitative estimate of drug-likeness (QED) is 0.878. The Morgan fingerprint density at radius 1 is 1.42 bits per heavy atom. The Hall–Kier alpha value is -0.480. The van der Waals surface area contributed by atoms with Crippen LogP contribution < -0.4 is 10.6 Å². The average Bonchev–Trinajstić information content (AvgIpc) is 2.35. The molecule has 1 heterocycles. The Morgan fingerprint density at radius 2 is 2.16 bits per heavy atom. The Labute approximate surface area is 129 Å². The number of carbonyl (C=O) groups is 1. The van der Waals surface area contributed by atoms with Gasteiger partial charge in [0, 0.05) is 6.04 Å². The van der Waals surface area contributed by atoms with Crippen molar-refractivity contribution in [3.05, 3.63) is 33.8 Å². The molecule has 6 heteroatoms. The van der Waals surface area contributed by atoms with E-state index < -0.39 is 0 Å². The van der Waals surface area contributed by atoms with Gasteiger partial charge in [-0.25, -0.2) is 0 Å². The molecule has 19 heavy (non-hydrogen) atoms. The number of piperidine rings is 1. The predicted octanol–water partition coefficient (Wildman–Crippen LogP) is 3.14. The normalized spacial score (nSPS) is 22.5. The van der Waals surface area contributed by atoms with Crippen LogP contribution in [-0.4, -0.2) is 25.0 Å². The molecule has 1 amide bonds. The van der Waals surface area contributed by atoms with E-state index in [2.05, 4.69) is 17.6 Å². The molecule has 0 spiro atoms. The third-order valence-corrected chi connectivity index (χ3v) is 4.12. The maximum absolute atomic E-state index is 12.2. The van der Waals surface area contributed by atoms with Gasteiger partial charge in [-0.1, -0.05) is 36.2 Å². The van der Waals surface area contributed by atoms with Crippen molar-refractivity contribution in [2.45, 2.75) is 19.4 Å². The molecule has 2 atom stereocenters. The molecule has 1 saturated heterocycles. The van der Waals surface area contributed by atoms with Gasteiger partial charge in [-0.3, -0.25) is 4.79 Å². The van der Waals surface area contributed by atoms with Gasteiger partial charge < -0.3 is 10.6 Å². The van der Waals surface area contributed by atoms with E-state index in [0.717, 1.165) is 19.5 Å². The lowest BCUT2D eigenvalue weighted by molar-refractivity contribution is 0.0914. The molecular formula is C13H17Cl3N2O. The molecule has 1 aromatic carbocycles. The molecular weight excluding hydrogens is 307 g/mol. The van der Waals surface area contributed by atoms with Gasteiger partial charge in [0.1, 0.15) is 0 Å². The molecule has 1 aromatic rings. The summed E-state index contributed by atoms with van der Waals surface area (Å²) in [7, 11) is 0. The van der Waals surface area contributed by atoms with Crippen LogP contribution >= 0.6 is 35.6 Å². The fraction of sp³-hybridized carbons (Fsp3) is 0.462. The first-order valence-electron chi connectivity index (χ1n) is 6.05. The van der Waals surface area contributed by atoms with Crippen LogP contribution in [0.15, 0.2) is 18.2 Å². The summed E-state index contributed by atoms with van der Waals surface area (Å²) < 4.78 is 0. The van der Waals surface area contributed by atoms with E-state index in [1.54, 1.807) is 18.2 Å². The van der Waals surface area contributed by atoms with Crippen LogP contribution in [-0.2, 0) is 0 Å². The van der Waals surface area contributed by atoms with Crippen LogP contribution in [0.4, 0.5) is 0 Å². The van der Waals surface area contributed by atoms with E-state index >= 15 is 0 Å². The zero-order valence-corrected chi connectivity index (χ0v) is 12.9. The monoisotopic (exact) mass is 322 g/mol. The van der Waals surface area contributed by atoms with Crippen LogP contribution in [0.2, 0.25) is 10.0 Å².